The van der Waals surface area contributed by atoms with Gasteiger partial charge in [0.2, 0.25) is 5.91 Å². The zero-order valence-corrected chi connectivity index (χ0v) is 14.8. The second kappa shape index (κ2) is 6.27. The Bertz CT molecular complexity index is 713. The second-order valence-electron chi connectivity index (χ2n) is 7.12. The molecule has 0 bridgehead atoms. The largest absolute Gasteiger partial charge is 0.481 e. The van der Waals surface area contributed by atoms with Crippen molar-refractivity contribution in [2.45, 2.75) is 39.5 Å². The first-order valence-electron chi connectivity index (χ1n) is 8.07. The van der Waals surface area contributed by atoms with E-state index in [1.165, 1.54) is 0 Å². The SMILES string of the molecule is C=CC(C)(C)[C@]1(CC(=O)O)C(=O)N(CC=C(C)C)c2ccccc21. The topological polar surface area (TPSA) is 57.6 Å². The Kier molecular flexibility index (Phi) is 4.70. The number of amides is 1. The van der Waals surface area contributed by atoms with Crippen LogP contribution in [0.3, 0.4) is 0 Å². The van der Waals surface area contributed by atoms with Gasteiger partial charge < -0.3 is 10.0 Å². The molecule has 0 unspecified atom stereocenters. The molecule has 1 heterocycles. The number of carbonyl (C=O) groups excluding carboxylic acids is 1. The van der Waals surface area contributed by atoms with Crippen LogP contribution in [0.1, 0.15) is 39.7 Å². The first kappa shape index (κ1) is 18.0. The van der Waals surface area contributed by atoms with Crippen molar-refractivity contribution >= 4 is 17.6 Å². The summed E-state index contributed by atoms with van der Waals surface area (Å²) in [5.41, 5.74) is 0.824. The number of carbonyl (C=O) groups is 2. The van der Waals surface area contributed by atoms with E-state index in [-0.39, 0.29) is 12.3 Å². The van der Waals surface area contributed by atoms with Crippen LogP contribution in [-0.2, 0) is 15.0 Å². The molecule has 0 saturated heterocycles. The molecule has 0 aliphatic carbocycles. The lowest BCUT2D eigenvalue weighted by atomic mass is 9.60. The fourth-order valence-corrected chi connectivity index (χ4v) is 3.40. The molecular weight excluding hydrogens is 302 g/mol. The minimum Gasteiger partial charge on any atom is -0.481 e. The summed E-state index contributed by atoms with van der Waals surface area (Å²) in [6.07, 6.45) is 3.41. The molecular formula is C20H25NO3. The first-order valence-corrected chi connectivity index (χ1v) is 8.07. The summed E-state index contributed by atoms with van der Waals surface area (Å²) in [5.74, 6) is -1.16. The van der Waals surface area contributed by atoms with Crippen molar-refractivity contribution in [1.82, 2.24) is 0 Å². The highest BCUT2D eigenvalue weighted by Crippen LogP contribution is 2.54. The molecule has 0 aromatic heterocycles. The van der Waals surface area contributed by atoms with E-state index in [9.17, 15) is 14.7 Å². The van der Waals surface area contributed by atoms with Crippen LogP contribution >= 0.6 is 0 Å². The number of allylic oxidation sites excluding steroid dienone is 2. The van der Waals surface area contributed by atoms with Gasteiger partial charge in [-0.05, 0) is 25.5 Å². The summed E-state index contributed by atoms with van der Waals surface area (Å²) in [4.78, 5) is 26.7. The summed E-state index contributed by atoms with van der Waals surface area (Å²) >= 11 is 0. The average Bonchev–Trinajstić information content (AvgIpc) is 2.75. The van der Waals surface area contributed by atoms with Crippen molar-refractivity contribution in [3.8, 4) is 0 Å². The van der Waals surface area contributed by atoms with Gasteiger partial charge in [-0.3, -0.25) is 9.59 Å². The standard InChI is InChI=1S/C20H25NO3/c1-6-19(4,5)20(13-17(22)23)15-9-7-8-10-16(15)21(18(20)24)12-11-14(2)3/h6-11H,1,12-13H2,2-5H3,(H,22,23)/t20-/m0/s1. The van der Waals surface area contributed by atoms with Crippen molar-refractivity contribution in [2.24, 2.45) is 5.41 Å². The van der Waals surface area contributed by atoms with Crippen LogP contribution in [0.5, 0.6) is 0 Å². The molecule has 1 aliphatic rings. The molecule has 0 radical (unpaired) electrons. The maximum atomic E-state index is 13.4. The number of carboxylic acid groups (broad SMARTS) is 1. The Morgan fingerprint density at radius 3 is 2.50 bits per heavy atom. The Morgan fingerprint density at radius 1 is 1.33 bits per heavy atom. The summed E-state index contributed by atoms with van der Waals surface area (Å²) in [6, 6.07) is 7.48. The zero-order chi connectivity index (χ0) is 18.1. The molecule has 2 rings (SSSR count). The van der Waals surface area contributed by atoms with Crippen molar-refractivity contribution in [3.05, 3.63) is 54.1 Å². The molecule has 1 atom stereocenters. The first-order chi connectivity index (χ1) is 11.2. The third-order valence-electron chi connectivity index (χ3n) is 4.97. The highest BCUT2D eigenvalue weighted by atomic mass is 16.4. The molecule has 1 amide bonds. The van der Waals surface area contributed by atoms with Crippen LogP contribution in [0.25, 0.3) is 0 Å². The third kappa shape index (κ3) is 2.66. The monoisotopic (exact) mass is 327 g/mol. The lowest BCUT2D eigenvalue weighted by molar-refractivity contribution is -0.143. The summed E-state index contributed by atoms with van der Waals surface area (Å²) in [7, 11) is 0. The van der Waals surface area contributed by atoms with Crippen LogP contribution in [0.15, 0.2) is 48.6 Å². The maximum Gasteiger partial charge on any atom is 0.304 e. The van der Waals surface area contributed by atoms with Crippen LogP contribution in [0.4, 0.5) is 5.69 Å². The number of fused-ring (bicyclic) bond motifs is 1. The Labute approximate surface area is 143 Å². The molecule has 1 aromatic carbocycles. The van der Waals surface area contributed by atoms with Gasteiger partial charge >= 0.3 is 5.97 Å². The van der Waals surface area contributed by atoms with Crippen LogP contribution in [0.2, 0.25) is 0 Å². The molecule has 1 N–H and O–H groups in total. The average molecular weight is 327 g/mol. The van der Waals surface area contributed by atoms with Crippen molar-refractivity contribution in [2.75, 3.05) is 11.4 Å². The molecule has 1 aromatic rings. The van der Waals surface area contributed by atoms with Gasteiger partial charge in [0.1, 0.15) is 0 Å². The van der Waals surface area contributed by atoms with E-state index in [1.54, 1.807) is 11.0 Å². The van der Waals surface area contributed by atoms with Crippen molar-refractivity contribution in [3.63, 3.8) is 0 Å². The van der Waals surface area contributed by atoms with Crippen LogP contribution < -0.4 is 4.90 Å². The second-order valence-corrected chi connectivity index (χ2v) is 7.12. The highest BCUT2D eigenvalue weighted by Gasteiger charge is 2.59. The fourth-order valence-electron chi connectivity index (χ4n) is 3.40. The number of carboxylic acids is 1. The molecule has 4 heteroatoms. The minimum absolute atomic E-state index is 0.173. The highest BCUT2D eigenvalue weighted by molar-refractivity contribution is 6.10. The number of rotatable bonds is 6. The van der Waals surface area contributed by atoms with Crippen LogP contribution in [0, 0.1) is 5.41 Å². The lowest BCUT2D eigenvalue weighted by Crippen LogP contribution is -2.50. The smallest absolute Gasteiger partial charge is 0.304 e. The lowest BCUT2D eigenvalue weighted by Gasteiger charge is -2.40. The predicted octanol–water partition coefficient (Wildman–Crippen LogP) is 3.92. The van der Waals surface area contributed by atoms with Gasteiger partial charge in [-0.15, -0.1) is 6.58 Å². The Balaban J connectivity index is 2.71. The zero-order valence-electron chi connectivity index (χ0n) is 14.8. The number of benzene rings is 1. The van der Waals surface area contributed by atoms with Gasteiger partial charge in [-0.2, -0.15) is 0 Å². The van der Waals surface area contributed by atoms with Gasteiger partial charge in [-0.1, -0.05) is 49.8 Å². The third-order valence-corrected chi connectivity index (χ3v) is 4.97. The summed E-state index contributed by atoms with van der Waals surface area (Å²) in [6.45, 7) is 12.0. The van der Waals surface area contributed by atoms with Gasteiger partial charge in [-0.25, -0.2) is 0 Å². The minimum atomic E-state index is -1.15. The van der Waals surface area contributed by atoms with E-state index in [0.29, 0.717) is 6.54 Å². The molecule has 1 aliphatic heterocycles. The molecule has 4 nitrogen and oxygen atoms in total. The molecule has 0 spiro atoms. The Morgan fingerprint density at radius 2 is 1.96 bits per heavy atom. The predicted molar refractivity (Wildman–Crippen MR) is 96.1 cm³/mol. The van der Waals surface area contributed by atoms with Crippen molar-refractivity contribution < 1.29 is 14.7 Å². The number of anilines is 1. The van der Waals surface area contributed by atoms with E-state index >= 15 is 0 Å². The molecule has 24 heavy (non-hydrogen) atoms. The summed E-state index contributed by atoms with van der Waals surface area (Å²) < 4.78 is 0. The number of hydrogen-bond donors (Lipinski definition) is 1. The van der Waals surface area contributed by atoms with Crippen LogP contribution in [-0.4, -0.2) is 23.5 Å². The van der Waals surface area contributed by atoms with Gasteiger partial charge in [0.15, 0.2) is 0 Å². The fraction of sp³-hybridized carbons (Fsp3) is 0.400. The summed E-state index contributed by atoms with van der Waals surface area (Å²) in [5, 5.41) is 9.53. The van der Waals surface area contributed by atoms with Crippen molar-refractivity contribution in [1.29, 1.82) is 0 Å². The van der Waals surface area contributed by atoms with E-state index in [4.69, 9.17) is 0 Å². The maximum absolute atomic E-state index is 13.4. The van der Waals surface area contributed by atoms with Gasteiger partial charge in [0, 0.05) is 17.6 Å². The number of hydrogen-bond acceptors (Lipinski definition) is 2. The van der Waals surface area contributed by atoms with E-state index in [2.05, 4.69) is 6.58 Å². The number of para-hydroxylation sites is 1. The van der Waals surface area contributed by atoms with Gasteiger partial charge in [0.25, 0.3) is 0 Å². The van der Waals surface area contributed by atoms with Gasteiger partial charge in [0.05, 0.1) is 11.8 Å². The quantitative estimate of drug-likeness (QED) is 0.806. The number of nitrogens with zero attached hydrogens (tertiary/aromatic N) is 1. The molecule has 128 valence electrons. The van der Waals surface area contributed by atoms with E-state index < -0.39 is 16.8 Å². The van der Waals surface area contributed by atoms with E-state index in [0.717, 1.165) is 16.8 Å². The molecule has 0 saturated carbocycles. The molecule has 0 fully saturated rings. The Hall–Kier alpha value is -2.36. The normalized spacial score (nSPS) is 19.8. The van der Waals surface area contributed by atoms with E-state index in [1.807, 2.05) is 58.0 Å². The number of aliphatic carboxylic acids is 1.